The maximum atomic E-state index is 11.0. The Labute approximate surface area is 202 Å². The molecule has 4 aromatic rings. The van der Waals surface area contributed by atoms with E-state index in [1.165, 1.54) is 16.7 Å². The van der Waals surface area contributed by atoms with Crippen LogP contribution < -0.4 is 4.90 Å². The third kappa shape index (κ3) is 3.26. The van der Waals surface area contributed by atoms with E-state index in [4.69, 9.17) is 0 Å². The molecule has 168 valence electrons. The molecule has 0 fully saturated rings. The van der Waals surface area contributed by atoms with E-state index in [9.17, 15) is 5.11 Å². The molecule has 1 aliphatic carbocycles. The molecule has 0 radical (unpaired) electrons. The lowest BCUT2D eigenvalue weighted by atomic mass is 9.67. The van der Waals surface area contributed by atoms with Crippen LogP contribution in [-0.4, -0.2) is 12.2 Å². The summed E-state index contributed by atoms with van der Waals surface area (Å²) >= 11 is 0. The summed E-state index contributed by atoms with van der Waals surface area (Å²) in [7, 11) is 2.10. The molecule has 4 aromatic carbocycles. The Kier molecular flexibility index (Phi) is 5.59. The average molecular weight is 444 g/mol. The fourth-order valence-corrected chi connectivity index (χ4v) is 5.27. The molecule has 0 saturated heterocycles. The Hall–Kier alpha value is -4.04. The van der Waals surface area contributed by atoms with E-state index in [1.807, 2.05) is 19.1 Å². The third-order valence-corrected chi connectivity index (χ3v) is 6.98. The van der Waals surface area contributed by atoms with Crippen molar-refractivity contribution in [2.24, 2.45) is 0 Å². The van der Waals surface area contributed by atoms with Crippen LogP contribution in [0.1, 0.15) is 36.1 Å². The molecule has 0 bridgehead atoms. The molecule has 34 heavy (non-hydrogen) atoms. The van der Waals surface area contributed by atoms with Gasteiger partial charge in [0, 0.05) is 24.0 Å². The number of phenols is 1. The molecule has 0 spiro atoms. The van der Waals surface area contributed by atoms with E-state index in [1.54, 1.807) is 6.07 Å². The summed E-state index contributed by atoms with van der Waals surface area (Å²) < 4.78 is 0. The van der Waals surface area contributed by atoms with Crippen LogP contribution in [-0.2, 0) is 5.41 Å². The summed E-state index contributed by atoms with van der Waals surface area (Å²) in [6, 6.07) is 33.8. The molecule has 0 aromatic heterocycles. The average Bonchev–Trinajstić information content (AvgIpc) is 3.19. The number of benzene rings is 4. The number of fused-ring (bicyclic) bond motifs is 3. The monoisotopic (exact) mass is 443 g/mol. The maximum absolute atomic E-state index is 11.0. The second-order valence-electron chi connectivity index (χ2n) is 8.80. The van der Waals surface area contributed by atoms with E-state index >= 15 is 0 Å². The first kappa shape index (κ1) is 21.8. The predicted octanol–water partition coefficient (Wildman–Crippen LogP) is 7.67. The van der Waals surface area contributed by atoms with Crippen LogP contribution in [0.25, 0.3) is 11.1 Å². The van der Waals surface area contributed by atoms with Gasteiger partial charge in [0.15, 0.2) is 0 Å². The molecule has 1 N–H and O–H groups in total. The zero-order valence-corrected chi connectivity index (χ0v) is 19.9. The molecular formula is C32H29NO. The summed E-state index contributed by atoms with van der Waals surface area (Å²) in [5.41, 5.74) is 8.41. The lowest BCUT2D eigenvalue weighted by molar-refractivity contribution is 0.477. The van der Waals surface area contributed by atoms with Gasteiger partial charge in [-0.2, -0.15) is 0 Å². The molecule has 2 nitrogen and oxygen atoms in total. The van der Waals surface area contributed by atoms with Crippen LogP contribution in [0.15, 0.2) is 121 Å². The predicted molar refractivity (Wildman–Crippen MR) is 142 cm³/mol. The molecule has 0 heterocycles. The standard InChI is InChI=1S/C32H29NO/c1-4-5-13-23(2)33(3)26-20-21-27-29(22-26)32(24-14-8-6-9-15-24,25-16-10-7-11-17-25)28-18-12-19-30(34)31(27)28/h4-22,34H,1-3H3. The van der Waals surface area contributed by atoms with Crippen LogP contribution in [0.4, 0.5) is 5.69 Å². The smallest absolute Gasteiger partial charge is 0.123 e. The normalized spacial score (nSPS) is 14.1. The third-order valence-electron chi connectivity index (χ3n) is 6.98. The first-order chi connectivity index (χ1) is 16.6. The molecule has 0 amide bonds. The molecular weight excluding hydrogens is 414 g/mol. The van der Waals surface area contributed by atoms with Crippen LogP contribution in [0, 0.1) is 0 Å². The summed E-state index contributed by atoms with van der Waals surface area (Å²) in [4.78, 5) is 2.21. The number of anilines is 1. The van der Waals surface area contributed by atoms with Crippen molar-refractivity contribution in [1.29, 1.82) is 0 Å². The van der Waals surface area contributed by atoms with Crippen molar-refractivity contribution in [1.82, 2.24) is 0 Å². The lowest BCUT2D eigenvalue weighted by Crippen LogP contribution is -2.28. The van der Waals surface area contributed by atoms with Gasteiger partial charge < -0.3 is 10.0 Å². The van der Waals surface area contributed by atoms with E-state index in [2.05, 4.69) is 116 Å². The highest BCUT2D eigenvalue weighted by atomic mass is 16.3. The second kappa shape index (κ2) is 8.72. The highest BCUT2D eigenvalue weighted by Gasteiger charge is 2.47. The molecule has 0 unspecified atom stereocenters. The first-order valence-electron chi connectivity index (χ1n) is 11.7. The maximum Gasteiger partial charge on any atom is 0.123 e. The van der Waals surface area contributed by atoms with Gasteiger partial charge in [0.05, 0.1) is 5.41 Å². The highest BCUT2D eigenvalue weighted by molar-refractivity contribution is 5.90. The van der Waals surface area contributed by atoms with Gasteiger partial charge in [0.1, 0.15) is 5.75 Å². The number of phenolic OH excluding ortho intramolecular Hbond substituents is 1. The fraction of sp³-hybridized carbons (Fsp3) is 0.125. The molecule has 2 heteroatoms. The Morgan fingerprint density at radius 3 is 2.06 bits per heavy atom. The molecule has 0 saturated carbocycles. The van der Waals surface area contributed by atoms with Crippen LogP contribution in [0.2, 0.25) is 0 Å². The van der Waals surface area contributed by atoms with Crippen molar-refractivity contribution in [3.05, 3.63) is 143 Å². The van der Waals surface area contributed by atoms with Crippen molar-refractivity contribution >= 4 is 5.69 Å². The summed E-state index contributed by atoms with van der Waals surface area (Å²) in [5, 5.41) is 11.0. The van der Waals surface area contributed by atoms with Gasteiger partial charge in [-0.25, -0.2) is 0 Å². The number of allylic oxidation sites excluding steroid dienone is 4. The minimum Gasteiger partial charge on any atom is -0.507 e. The summed E-state index contributed by atoms with van der Waals surface area (Å²) in [6.45, 7) is 4.15. The number of rotatable bonds is 5. The second-order valence-corrected chi connectivity index (χ2v) is 8.80. The van der Waals surface area contributed by atoms with E-state index < -0.39 is 5.41 Å². The number of hydrogen-bond donors (Lipinski definition) is 1. The van der Waals surface area contributed by atoms with Gasteiger partial charge in [0.25, 0.3) is 0 Å². The van der Waals surface area contributed by atoms with Gasteiger partial charge in [-0.1, -0.05) is 91.0 Å². The van der Waals surface area contributed by atoms with Gasteiger partial charge >= 0.3 is 0 Å². The fourth-order valence-electron chi connectivity index (χ4n) is 5.27. The minimum absolute atomic E-state index is 0.317. The van der Waals surface area contributed by atoms with Crippen molar-refractivity contribution in [2.75, 3.05) is 11.9 Å². The van der Waals surface area contributed by atoms with Crippen molar-refractivity contribution in [3.63, 3.8) is 0 Å². The Morgan fingerprint density at radius 1 is 0.794 bits per heavy atom. The molecule has 5 rings (SSSR count). The van der Waals surface area contributed by atoms with E-state index in [0.717, 1.165) is 28.1 Å². The number of nitrogens with zero attached hydrogens (tertiary/aromatic N) is 1. The summed E-state index contributed by atoms with van der Waals surface area (Å²) in [5.74, 6) is 0.317. The number of aromatic hydroxyl groups is 1. The zero-order valence-electron chi connectivity index (χ0n) is 19.9. The van der Waals surface area contributed by atoms with Gasteiger partial charge in [-0.05, 0) is 65.9 Å². The van der Waals surface area contributed by atoms with Crippen LogP contribution >= 0.6 is 0 Å². The molecule has 0 aliphatic heterocycles. The van der Waals surface area contributed by atoms with E-state index in [-0.39, 0.29) is 0 Å². The van der Waals surface area contributed by atoms with Crippen molar-refractivity contribution < 1.29 is 5.11 Å². The number of hydrogen-bond acceptors (Lipinski definition) is 2. The van der Waals surface area contributed by atoms with Crippen molar-refractivity contribution in [3.8, 4) is 16.9 Å². The quantitative estimate of drug-likeness (QED) is 0.282. The largest absolute Gasteiger partial charge is 0.507 e. The Balaban J connectivity index is 1.86. The summed E-state index contributed by atoms with van der Waals surface area (Å²) in [6.07, 6.45) is 6.22. The van der Waals surface area contributed by atoms with Crippen LogP contribution in [0.5, 0.6) is 5.75 Å². The minimum atomic E-state index is -0.524. The van der Waals surface area contributed by atoms with Gasteiger partial charge in [-0.15, -0.1) is 0 Å². The van der Waals surface area contributed by atoms with E-state index in [0.29, 0.717) is 5.75 Å². The topological polar surface area (TPSA) is 23.5 Å². The van der Waals surface area contributed by atoms with Gasteiger partial charge in [0.2, 0.25) is 0 Å². The zero-order chi connectivity index (χ0) is 23.7. The van der Waals surface area contributed by atoms with Crippen LogP contribution in [0.3, 0.4) is 0 Å². The molecule has 0 atom stereocenters. The molecule has 1 aliphatic rings. The van der Waals surface area contributed by atoms with Gasteiger partial charge in [-0.3, -0.25) is 0 Å². The Bertz CT molecular complexity index is 1340. The lowest BCUT2D eigenvalue weighted by Gasteiger charge is -2.34. The SMILES string of the molecule is CC=CC=C(C)N(C)c1ccc2c(c1)C(c1ccccc1)(c1ccccc1)c1cccc(O)c1-2. The first-order valence-corrected chi connectivity index (χ1v) is 11.7. The van der Waals surface area contributed by atoms with Crippen molar-refractivity contribution in [2.45, 2.75) is 19.3 Å². The Morgan fingerprint density at radius 2 is 1.44 bits per heavy atom. The highest BCUT2D eigenvalue weighted by Crippen LogP contribution is 2.58.